The van der Waals surface area contributed by atoms with Gasteiger partial charge >= 0.3 is 0 Å². The van der Waals surface area contributed by atoms with Gasteiger partial charge in [0.1, 0.15) is 11.4 Å². The van der Waals surface area contributed by atoms with Crippen molar-refractivity contribution in [2.45, 2.75) is 11.9 Å². The van der Waals surface area contributed by atoms with Gasteiger partial charge in [-0.25, -0.2) is 0 Å². The van der Waals surface area contributed by atoms with E-state index in [1.54, 1.807) is 18.4 Å². The highest BCUT2D eigenvalue weighted by Gasteiger charge is 2.16. The molecule has 62 valence electrons. The Bertz CT molecular complexity index is 236. The molecule has 0 aromatic carbocycles. The zero-order valence-corrected chi connectivity index (χ0v) is 8.33. The molecule has 0 amide bonds. The van der Waals surface area contributed by atoms with Crippen molar-refractivity contribution in [3.63, 3.8) is 0 Å². The van der Waals surface area contributed by atoms with E-state index in [-0.39, 0.29) is 0 Å². The lowest BCUT2D eigenvalue weighted by atomic mass is 10.8. The van der Waals surface area contributed by atoms with E-state index in [1.165, 1.54) is 11.3 Å². The van der Waals surface area contributed by atoms with Crippen LogP contribution in [0, 0.1) is 6.92 Å². The summed E-state index contributed by atoms with van der Waals surface area (Å²) in [5, 5.41) is 3.43. The van der Waals surface area contributed by atoms with Gasteiger partial charge in [0.15, 0.2) is 0 Å². The van der Waals surface area contributed by atoms with Crippen LogP contribution in [0.3, 0.4) is 0 Å². The summed E-state index contributed by atoms with van der Waals surface area (Å²) in [6.07, 6.45) is 0. The van der Waals surface area contributed by atoms with Crippen LogP contribution in [-0.2, 0) is 11.4 Å². The molecule has 1 rings (SSSR count). The van der Waals surface area contributed by atoms with Gasteiger partial charge in [0.05, 0.1) is 10.4 Å². The third-order valence-corrected chi connectivity index (χ3v) is 3.26. The van der Waals surface area contributed by atoms with Crippen LogP contribution in [-0.4, -0.2) is 27.9 Å². The first-order chi connectivity index (χ1) is 5.11. The maximum Gasteiger partial charge on any atom is 0.276 e. The van der Waals surface area contributed by atoms with Crippen LogP contribution < -0.4 is 0 Å². The number of hydrogen-bond donors (Lipinski definition) is 0. The molecular formula is C6H10N2OS2. The molecule has 1 aromatic heterocycles. The molecule has 5 heteroatoms. The molecule has 0 radical (unpaired) electrons. The molecular weight excluding hydrogens is 180 g/mol. The average Bonchev–Trinajstić information content (AvgIpc) is 2.34. The van der Waals surface area contributed by atoms with Gasteiger partial charge in [0.2, 0.25) is 0 Å². The second kappa shape index (κ2) is 3.53. The van der Waals surface area contributed by atoms with Crippen molar-refractivity contribution < 1.29 is 4.55 Å². The van der Waals surface area contributed by atoms with Gasteiger partial charge in [-0.15, -0.1) is 15.6 Å². The van der Waals surface area contributed by atoms with Crippen LogP contribution >= 0.6 is 11.3 Å². The molecule has 0 fully saturated rings. The molecule has 0 saturated heterocycles. The molecule has 1 atom stereocenters. The van der Waals surface area contributed by atoms with Crippen LogP contribution in [0.4, 0.5) is 0 Å². The minimum atomic E-state index is -1.08. The first-order valence-electron chi connectivity index (χ1n) is 3.12. The summed E-state index contributed by atoms with van der Waals surface area (Å²) in [7, 11) is 3.54. The predicted octanol–water partition coefficient (Wildman–Crippen LogP) is 1.04. The van der Waals surface area contributed by atoms with E-state index in [4.69, 9.17) is 0 Å². The molecule has 0 aliphatic carbocycles. The number of thiazole rings is 1. The summed E-state index contributed by atoms with van der Waals surface area (Å²) >= 11 is 0.438. The van der Waals surface area contributed by atoms with Gasteiger partial charge in [-0.1, -0.05) is 0 Å². The topological polar surface area (TPSA) is 39.2 Å². The lowest BCUT2D eigenvalue weighted by Gasteiger charge is -2.11. The molecule has 1 aromatic rings. The van der Waals surface area contributed by atoms with E-state index in [1.807, 2.05) is 12.3 Å². The van der Waals surface area contributed by atoms with Crippen molar-refractivity contribution in [3.05, 3.63) is 10.4 Å². The van der Waals surface area contributed by atoms with E-state index >= 15 is 0 Å². The average molecular weight is 190 g/mol. The summed E-state index contributed by atoms with van der Waals surface area (Å²) in [6.45, 7) is 1.90. The lowest BCUT2D eigenvalue weighted by Crippen LogP contribution is -2.22. The maximum atomic E-state index is 11.3. The molecule has 0 spiro atoms. The second-order valence-corrected chi connectivity index (χ2v) is 4.98. The van der Waals surface area contributed by atoms with Crippen molar-refractivity contribution in [2.24, 2.45) is 0 Å². The predicted molar refractivity (Wildman–Crippen MR) is 46.9 cm³/mol. The Labute approximate surface area is 73.4 Å². The minimum Gasteiger partial charge on any atom is -0.591 e. The van der Waals surface area contributed by atoms with Gasteiger partial charge in [0, 0.05) is 14.1 Å². The lowest BCUT2D eigenvalue weighted by molar-refractivity contribution is 0.517. The normalized spacial score (nSPS) is 13.9. The van der Waals surface area contributed by atoms with Gasteiger partial charge in [0.25, 0.3) is 5.03 Å². The zero-order valence-electron chi connectivity index (χ0n) is 6.70. The van der Waals surface area contributed by atoms with E-state index < -0.39 is 11.4 Å². The minimum absolute atomic E-state index is 0.650. The Morgan fingerprint density at radius 1 is 1.64 bits per heavy atom. The number of aromatic nitrogens is 1. The first-order valence-corrected chi connectivity index (χ1v) is 5.11. The van der Waals surface area contributed by atoms with Crippen LogP contribution in [0.15, 0.2) is 10.4 Å². The van der Waals surface area contributed by atoms with Gasteiger partial charge in [-0.3, -0.25) is 0 Å². The smallest absolute Gasteiger partial charge is 0.276 e. The Balaban J connectivity index is 2.76. The Hall–Kier alpha value is -0.100. The van der Waals surface area contributed by atoms with Crippen molar-refractivity contribution in [3.8, 4) is 0 Å². The summed E-state index contributed by atoms with van der Waals surface area (Å²) in [5.41, 5.74) is 0. The van der Waals surface area contributed by atoms with Crippen LogP contribution in [0.5, 0.6) is 0 Å². The third kappa shape index (κ3) is 2.16. The Morgan fingerprint density at radius 3 is 2.64 bits per heavy atom. The van der Waals surface area contributed by atoms with Crippen LogP contribution in [0.2, 0.25) is 0 Å². The molecule has 0 aliphatic rings. The van der Waals surface area contributed by atoms with E-state index in [2.05, 4.69) is 4.98 Å². The molecule has 1 heterocycles. The fourth-order valence-corrected chi connectivity index (χ4v) is 2.21. The highest BCUT2D eigenvalue weighted by molar-refractivity contribution is 7.89. The molecule has 0 N–H and O–H groups in total. The van der Waals surface area contributed by atoms with E-state index in [0.29, 0.717) is 5.03 Å². The molecule has 3 nitrogen and oxygen atoms in total. The quantitative estimate of drug-likeness (QED) is 0.654. The zero-order chi connectivity index (χ0) is 8.43. The SMILES string of the molecule is Cc1nc([S+]([O-])N(C)C)cs1. The van der Waals surface area contributed by atoms with Crippen molar-refractivity contribution in [1.82, 2.24) is 9.29 Å². The van der Waals surface area contributed by atoms with E-state index in [0.717, 1.165) is 5.01 Å². The summed E-state index contributed by atoms with van der Waals surface area (Å²) in [4.78, 5) is 4.11. The molecule has 0 bridgehead atoms. The maximum absolute atomic E-state index is 11.3. The summed E-state index contributed by atoms with van der Waals surface area (Å²) in [5.74, 6) is 0. The van der Waals surface area contributed by atoms with Crippen molar-refractivity contribution in [2.75, 3.05) is 14.1 Å². The number of nitrogens with zero attached hydrogens (tertiary/aromatic N) is 2. The molecule has 0 saturated carbocycles. The highest BCUT2D eigenvalue weighted by Crippen LogP contribution is 2.15. The van der Waals surface area contributed by atoms with Gasteiger partial charge in [-0.2, -0.15) is 4.98 Å². The van der Waals surface area contributed by atoms with Crippen LogP contribution in [0.1, 0.15) is 5.01 Å². The monoisotopic (exact) mass is 190 g/mol. The third-order valence-electron chi connectivity index (χ3n) is 1.11. The summed E-state index contributed by atoms with van der Waals surface area (Å²) < 4.78 is 13.0. The van der Waals surface area contributed by atoms with E-state index in [9.17, 15) is 4.55 Å². The Kier molecular flexibility index (Phi) is 2.89. The Morgan fingerprint density at radius 2 is 2.27 bits per heavy atom. The standard InChI is InChI=1S/C6H10N2OS2/c1-5-7-6(4-10-5)11(9)8(2)3/h4H,1-3H3. The number of aryl methyl sites for hydroxylation is 1. The molecule has 0 aliphatic heterocycles. The van der Waals surface area contributed by atoms with Crippen molar-refractivity contribution >= 4 is 22.7 Å². The number of rotatable bonds is 2. The van der Waals surface area contributed by atoms with Crippen molar-refractivity contribution in [1.29, 1.82) is 0 Å². The van der Waals surface area contributed by atoms with Gasteiger partial charge in [-0.05, 0) is 6.92 Å². The first kappa shape index (κ1) is 8.99. The largest absolute Gasteiger partial charge is 0.591 e. The highest BCUT2D eigenvalue weighted by atomic mass is 32.2. The fraction of sp³-hybridized carbons (Fsp3) is 0.500. The fourth-order valence-electron chi connectivity index (χ4n) is 0.611. The second-order valence-electron chi connectivity index (χ2n) is 2.27. The molecule has 1 unspecified atom stereocenters. The van der Waals surface area contributed by atoms with Gasteiger partial charge < -0.3 is 4.55 Å². The summed E-state index contributed by atoms with van der Waals surface area (Å²) in [6, 6.07) is 0. The number of hydrogen-bond acceptors (Lipinski definition) is 4. The molecule has 11 heavy (non-hydrogen) atoms. The van der Waals surface area contributed by atoms with Crippen LogP contribution in [0.25, 0.3) is 0 Å².